The molecule has 1 heterocycles. The van der Waals surface area contributed by atoms with Crippen LogP contribution < -0.4 is 0 Å². The van der Waals surface area contributed by atoms with E-state index >= 15 is 0 Å². The Morgan fingerprint density at radius 1 is 1.91 bits per heavy atom. The molecule has 5 heteroatoms. The van der Waals surface area contributed by atoms with Gasteiger partial charge in [0.2, 0.25) is 0 Å². The largest absolute Gasteiger partial charge is 0.361 e. The van der Waals surface area contributed by atoms with Gasteiger partial charge in [0, 0.05) is 11.1 Å². The standard InChI is InChI=1S/C6H5N3OS/c1-4-2-8-6(11-4)5(10)3-9-7/h2-3H,1H3. The summed E-state index contributed by atoms with van der Waals surface area (Å²) in [6.07, 6.45) is 2.43. The van der Waals surface area contributed by atoms with Crippen molar-refractivity contribution in [1.82, 2.24) is 4.98 Å². The predicted molar refractivity (Wildman–Crippen MR) is 40.9 cm³/mol. The first-order valence-electron chi connectivity index (χ1n) is 2.88. The van der Waals surface area contributed by atoms with Crippen molar-refractivity contribution in [3.8, 4) is 0 Å². The molecule has 0 fully saturated rings. The molecular weight excluding hydrogens is 162 g/mol. The highest BCUT2D eigenvalue weighted by Crippen LogP contribution is 2.10. The second kappa shape index (κ2) is 3.18. The highest BCUT2D eigenvalue weighted by Gasteiger charge is 2.10. The molecule has 1 aromatic rings. The molecule has 0 amide bonds. The fraction of sp³-hybridized carbons (Fsp3) is 0.167. The lowest BCUT2D eigenvalue weighted by Crippen LogP contribution is -1.98. The monoisotopic (exact) mass is 167 g/mol. The minimum atomic E-state index is -0.370. The third-order valence-electron chi connectivity index (χ3n) is 1.01. The van der Waals surface area contributed by atoms with Crippen LogP contribution in [0.5, 0.6) is 0 Å². The Labute approximate surface area is 67.1 Å². The summed E-state index contributed by atoms with van der Waals surface area (Å²) in [6.45, 7) is 1.85. The van der Waals surface area contributed by atoms with E-state index in [1.807, 2.05) is 6.92 Å². The van der Waals surface area contributed by atoms with Crippen molar-refractivity contribution in [1.29, 1.82) is 0 Å². The summed E-state index contributed by atoms with van der Waals surface area (Å²) in [5.74, 6) is -0.370. The van der Waals surface area contributed by atoms with E-state index in [9.17, 15) is 4.79 Å². The maximum Gasteiger partial charge on any atom is 0.330 e. The smallest absolute Gasteiger partial charge is 0.330 e. The third kappa shape index (κ3) is 1.80. The van der Waals surface area contributed by atoms with Gasteiger partial charge in [0.1, 0.15) is 0 Å². The third-order valence-corrected chi connectivity index (χ3v) is 1.93. The first kappa shape index (κ1) is 7.78. The van der Waals surface area contributed by atoms with Crippen molar-refractivity contribution in [2.75, 3.05) is 0 Å². The van der Waals surface area contributed by atoms with E-state index in [-0.39, 0.29) is 5.78 Å². The second-order valence-electron chi connectivity index (χ2n) is 1.88. The molecule has 0 aliphatic heterocycles. The Morgan fingerprint density at radius 3 is 3.09 bits per heavy atom. The van der Waals surface area contributed by atoms with Gasteiger partial charge >= 0.3 is 6.21 Å². The van der Waals surface area contributed by atoms with Gasteiger partial charge in [0.05, 0.1) is 0 Å². The molecule has 1 aromatic heterocycles. The Bertz CT molecular complexity index is 324. The van der Waals surface area contributed by atoms with Gasteiger partial charge in [-0.3, -0.25) is 4.79 Å². The van der Waals surface area contributed by atoms with Crippen LogP contribution in [0.15, 0.2) is 6.20 Å². The Hall–Kier alpha value is -1.32. The molecule has 0 aliphatic carbocycles. The van der Waals surface area contributed by atoms with E-state index in [2.05, 4.69) is 9.77 Å². The molecule has 0 bridgehead atoms. The number of rotatable bonds is 2. The van der Waals surface area contributed by atoms with Crippen LogP contribution in [0.1, 0.15) is 14.7 Å². The number of aryl methyl sites for hydroxylation is 1. The normalized spacial score (nSPS) is 8.82. The zero-order chi connectivity index (χ0) is 8.27. The van der Waals surface area contributed by atoms with Gasteiger partial charge in [0.25, 0.3) is 5.78 Å². The summed E-state index contributed by atoms with van der Waals surface area (Å²) in [5.41, 5.74) is 8.03. The molecule has 0 unspecified atom stereocenters. The maximum atomic E-state index is 10.9. The lowest BCUT2D eigenvalue weighted by Gasteiger charge is -1.76. The van der Waals surface area contributed by atoms with Crippen molar-refractivity contribution in [3.63, 3.8) is 0 Å². The van der Waals surface area contributed by atoms with Gasteiger partial charge in [-0.1, -0.05) is 0 Å². The van der Waals surface area contributed by atoms with Crippen molar-refractivity contribution in [2.24, 2.45) is 0 Å². The van der Waals surface area contributed by atoms with Crippen LogP contribution in [-0.4, -0.2) is 21.8 Å². The summed E-state index contributed by atoms with van der Waals surface area (Å²) in [7, 11) is 0. The molecule has 0 radical (unpaired) electrons. The van der Waals surface area contributed by atoms with Gasteiger partial charge in [-0.05, 0) is 6.92 Å². The molecule has 11 heavy (non-hydrogen) atoms. The minimum Gasteiger partial charge on any atom is -0.361 e. The number of carbonyl (C=O) groups is 1. The number of carbonyl (C=O) groups excluding carboxylic acids is 1. The number of hydrogen-bond acceptors (Lipinski definition) is 3. The second-order valence-corrected chi connectivity index (χ2v) is 3.12. The summed E-state index contributed by atoms with van der Waals surface area (Å²) >= 11 is 1.27. The van der Waals surface area contributed by atoms with Crippen LogP contribution in [0, 0.1) is 6.92 Å². The highest BCUT2D eigenvalue weighted by atomic mass is 32.1. The molecule has 0 N–H and O–H groups in total. The molecule has 0 saturated carbocycles. The van der Waals surface area contributed by atoms with E-state index in [1.165, 1.54) is 11.3 Å². The van der Waals surface area contributed by atoms with Gasteiger partial charge in [-0.15, -0.1) is 11.3 Å². The molecular formula is C6H5N3OS. The van der Waals surface area contributed by atoms with E-state index in [4.69, 9.17) is 5.53 Å². The number of aromatic nitrogens is 1. The lowest BCUT2D eigenvalue weighted by atomic mass is 10.4. The van der Waals surface area contributed by atoms with Gasteiger partial charge < -0.3 is 5.53 Å². The fourth-order valence-electron chi connectivity index (χ4n) is 0.576. The van der Waals surface area contributed by atoms with Crippen molar-refractivity contribution >= 4 is 23.3 Å². The maximum absolute atomic E-state index is 10.9. The topological polar surface area (TPSA) is 66.4 Å². The van der Waals surface area contributed by atoms with E-state index in [0.29, 0.717) is 5.01 Å². The van der Waals surface area contributed by atoms with E-state index < -0.39 is 0 Å². The SMILES string of the molecule is Cc1cnc(C(=O)C=[N+]=[N-])s1. The van der Waals surface area contributed by atoms with Crippen molar-refractivity contribution in [3.05, 3.63) is 21.6 Å². The van der Waals surface area contributed by atoms with Crippen LogP contribution in [0.25, 0.3) is 5.53 Å². The molecule has 0 atom stereocenters. The minimum absolute atomic E-state index is 0.348. The average Bonchev–Trinajstić information content (AvgIpc) is 2.36. The molecule has 0 saturated heterocycles. The molecule has 0 aliphatic rings. The number of ketones is 1. The number of nitrogens with zero attached hydrogens (tertiary/aromatic N) is 3. The summed E-state index contributed by atoms with van der Waals surface area (Å²) in [4.78, 5) is 18.3. The molecule has 1 rings (SSSR count). The van der Waals surface area contributed by atoms with Gasteiger partial charge in [-0.2, -0.15) is 4.79 Å². The summed E-state index contributed by atoms with van der Waals surface area (Å²) in [5, 5.41) is 0.348. The van der Waals surface area contributed by atoms with Crippen molar-refractivity contribution < 1.29 is 9.58 Å². The van der Waals surface area contributed by atoms with E-state index in [1.54, 1.807) is 6.20 Å². The number of hydrogen-bond donors (Lipinski definition) is 0. The average molecular weight is 167 g/mol. The zero-order valence-corrected chi connectivity index (χ0v) is 6.63. The van der Waals surface area contributed by atoms with Crippen molar-refractivity contribution in [2.45, 2.75) is 6.92 Å². The highest BCUT2D eigenvalue weighted by molar-refractivity contribution is 7.14. The van der Waals surface area contributed by atoms with Gasteiger partial charge in [-0.25, -0.2) is 4.98 Å². The first-order chi connectivity index (χ1) is 5.24. The summed E-state index contributed by atoms with van der Waals surface area (Å²) < 4.78 is 0. The van der Waals surface area contributed by atoms with Gasteiger partial charge in [0.15, 0.2) is 5.01 Å². The Kier molecular flexibility index (Phi) is 2.25. The van der Waals surface area contributed by atoms with Crippen LogP contribution in [0.4, 0.5) is 0 Å². The number of Topliss-reactive ketones (excluding diaryl/α,β-unsaturated/α-hetero) is 1. The Balaban J connectivity index is 2.93. The quantitative estimate of drug-likeness (QED) is 0.284. The van der Waals surface area contributed by atoms with Crippen LogP contribution in [-0.2, 0) is 0 Å². The molecule has 56 valence electrons. The van der Waals surface area contributed by atoms with E-state index in [0.717, 1.165) is 11.1 Å². The lowest BCUT2D eigenvalue weighted by molar-refractivity contribution is 0.00234. The summed E-state index contributed by atoms with van der Waals surface area (Å²) in [6, 6.07) is 0. The predicted octanol–water partition coefficient (Wildman–Crippen LogP) is 0.935. The molecule has 4 nitrogen and oxygen atoms in total. The number of thiazole rings is 1. The first-order valence-corrected chi connectivity index (χ1v) is 3.70. The van der Waals surface area contributed by atoms with Crippen LogP contribution in [0.3, 0.4) is 0 Å². The molecule has 0 spiro atoms. The molecule has 0 aromatic carbocycles. The fourth-order valence-corrected chi connectivity index (χ4v) is 1.25. The Morgan fingerprint density at radius 2 is 2.64 bits per heavy atom. The van der Waals surface area contributed by atoms with Crippen LogP contribution in [0.2, 0.25) is 0 Å². The zero-order valence-electron chi connectivity index (χ0n) is 5.81. The van der Waals surface area contributed by atoms with Crippen LogP contribution >= 0.6 is 11.3 Å².